The van der Waals surface area contributed by atoms with Crippen molar-refractivity contribution in [3.05, 3.63) is 107 Å². The van der Waals surface area contributed by atoms with Gasteiger partial charge in [-0.3, -0.25) is 4.79 Å². The molecule has 1 aromatic heterocycles. The van der Waals surface area contributed by atoms with E-state index in [-0.39, 0.29) is 26.8 Å². The van der Waals surface area contributed by atoms with E-state index in [9.17, 15) is 13.2 Å². The zero-order valence-electron chi connectivity index (χ0n) is 18.9. The number of hydrogen-bond donors (Lipinski definition) is 2. The van der Waals surface area contributed by atoms with E-state index in [0.29, 0.717) is 11.1 Å². The molecular weight excluding hydrogens is 501 g/mol. The number of carbonyl (C=O) groups is 1. The second-order valence-corrected chi connectivity index (χ2v) is 11.2. The van der Waals surface area contributed by atoms with Gasteiger partial charge in [0.1, 0.15) is 4.38 Å². The molecule has 0 aliphatic carbocycles. The van der Waals surface area contributed by atoms with Gasteiger partial charge in [-0.05, 0) is 37.6 Å². The van der Waals surface area contributed by atoms with Gasteiger partial charge in [0, 0.05) is 11.1 Å². The van der Waals surface area contributed by atoms with Gasteiger partial charge in [-0.15, -0.1) is 34.4 Å². The van der Waals surface area contributed by atoms with Crippen molar-refractivity contribution in [2.45, 2.75) is 24.2 Å². The van der Waals surface area contributed by atoms with E-state index < -0.39 is 15.4 Å². The molecule has 0 aliphatic heterocycles. The molecule has 0 unspecified atom stereocenters. The average molecular weight is 523 g/mol. The molecule has 0 spiro atoms. The summed E-state index contributed by atoms with van der Waals surface area (Å²) in [5.74, 6) is -0.0788. The van der Waals surface area contributed by atoms with Gasteiger partial charge in [0.15, 0.2) is 11.6 Å². The fourth-order valence-electron chi connectivity index (χ4n) is 3.50. The number of nitrogens with zero attached hydrogens (tertiary/aromatic N) is 4. The van der Waals surface area contributed by atoms with Crippen molar-refractivity contribution in [1.29, 1.82) is 0 Å². The summed E-state index contributed by atoms with van der Waals surface area (Å²) in [5, 5.41) is 4.35. The van der Waals surface area contributed by atoms with Gasteiger partial charge < -0.3 is 0 Å². The summed E-state index contributed by atoms with van der Waals surface area (Å²) in [6.07, 6.45) is 0. The molecule has 10 heteroatoms. The van der Waals surface area contributed by atoms with Crippen molar-refractivity contribution in [3.63, 3.8) is 0 Å². The van der Waals surface area contributed by atoms with E-state index >= 15 is 0 Å². The Morgan fingerprint density at radius 3 is 2.11 bits per heavy atom. The summed E-state index contributed by atoms with van der Waals surface area (Å²) < 4.78 is 27.4. The number of thiol groups is 2. The molecule has 0 bridgehead atoms. The van der Waals surface area contributed by atoms with Crippen molar-refractivity contribution < 1.29 is 13.2 Å². The van der Waals surface area contributed by atoms with E-state index in [4.69, 9.17) is 0 Å². The molecule has 178 valence electrons. The number of hydrogen-bond acceptors (Lipinski definition) is 6. The van der Waals surface area contributed by atoms with Gasteiger partial charge in [-0.1, -0.05) is 66.7 Å². The Hall–Kier alpha value is -3.21. The lowest BCUT2D eigenvalue weighted by Gasteiger charge is -2.22. The molecule has 0 fully saturated rings. The normalized spacial score (nSPS) is 11.8. The third-order valence-corrected chi connectivity index (χ3v) is 7.24. The predicted octanol–water partition coefficient (Wildman–Crippen LogP) is 4.92. The highest BCUT2D eigenvalue weighted by Crippen LogP contribution is 2.32. The quantitative estimate of drug-likeness (QED) is 0.156. The third-order valence-electron chi connectivity index (χ3n) is 5.47. The highest BCUT2D eigenvalue weighted by atomic mass is 32.2. The van der Waals surface area contributed by atoms with Crippen LogP contribution in [0.15, 0.2) is 94.8 Å². The minimum Gasteiger partial charge on any atom is -0.289 e. The molecule has 7 nitrogen and oxygen atoms in total. The van der Waals surface area contributed by atoms with Crippen LogP contribution in [0.25, 0.3) is 0 Å². The Balaban J connectivity index is 1.80. The van der Waals surface area contributed by atoms with E-state index in [0.717, 1.165) is 9.65 Å². The first-order valence-corrected chi connectivity index (χ1v) is 12.9. The molecular formula is C25H22N4O3S3. The molecule has 0 aliphatic rings. The first-order chi connectivity index (χ1) is 16.6. The standard InChI is InChI=1S/C25H22N4O3S3/c1-25(2,19-13-9-12-18(16-19)21(30)17-10-5-3-6-11-17)22-26-23(27-24(33)34)29(28-22)35(31,32)20-14-7-4-8-15-20/h3-16H,1-2H3,(H2,26,27,28,33,34). The minimum absolute atomic E-state index is 0.0294. The summed E-state index contributed by atoms with van der Waals surface area (Å²) in [4.78, 5) is 21.5. The van der Waals surface area contributed by atoms with Gasteiger partial charge in [0.05, 0.1) is 10.3 Å². The van der Waals surface area contributed by atoms with Gasteiger partial charge in [0.25, 0.3) is 16.0 Å². The molecule has 0 N–H and O–H groups in total. The number of benzene rings is 3. The van der Waals surface area contributed by atoms with Crippen LogP contribution < -0.4 is 0 Å². The lowest BCUT2D eigenvalue weighted by atomic mass is 9.82. The summed E-state index contributed by atoms with van der Waals surface area (Å²) in [7, 11) is -4.08. The lowest BCUT2D eigenvalue weighted by molar-refractivity contribution is 0.103. The van der Waals surface area contributed by atoms with E-state index in [1.807, 2.05) is 38.1 Å². The minimum atomic E-state index is -4.08. The topological polar surface area (TPSA) is 94.3 Å². The van der Waals surface area contributed by atoms with Crippen LogP contribution in [0.1, 0.15) is 41.2 Å². The fraction of sp³-hybridized carbons (Fsp3) is 0.120. The van der Waals surface area contributed by atoms with Gasteiger partial charge >= 0.3 is 0 Å². The van der Waals surface area contributed by atoms with E-state index in [1.54, 1.807) is 48.5 Å². The highest BCUT2D eigenvalue weighted by Gasteiger charge is 2.33. The zero-order valence-corrected chi connectivity index (χ0v) is 21.5. The Morgan fingerprint density at radius 2 is 1.49 bits per heavy atom. The molecule has 0 saturated heterocycles. The van der Waals surface area contributed by atoms with Crippen molar-refractivity contribution in [2.24, 2.45) is 4.99 Å². The number of ketones is 1. The first kappa shape index (κ1) is 24.9. The molecule has 1 heterocycles. The monoisotopic (exact) mass is 522 g/mol. The van der Waals surface area contributed by atoms with Crippen LogP contribution in [0, 0.1) is 0 Å². The van der Waals surface area contributed by atoms with Crippen LogP contribution in [-0.2, 0) is 15.4 Å². The summed E-state index contributed by atoms with van der Waals surface area (Å²) >= 11 is 8.13. The van der Waals surface area contributed by atoms with Crippen molar-refractivity contribution in [3.8, 4) is 0 Å². The van der Waals surface area contributed by atoms with Crippen LogP contribution in [0.2, 0.25) is 0 Å². The second-order valence-electron chi connectivity index (χ2n) is 8.21. The molecule has 4 aromatic rings. The maximum Gasteiger partial charge on any atom is 0.286 e. The number of carbonyl (C=O) groups excluding carboxylic acids is 1. The van der Waals surface area contributed by atoms with Crippen LogP contribution in [0.5, 0.6) is 0 Å². The number of aliphatic imine (C=N–C) groups is 1. The highest BCUT2D eigenvalue weighted by molar-refractivity contribution is 8.23. The molecule has 0 radical (unpaired) electrons. The molecule has 35 heavy (non-hydrogen) atoms. The molecule has 3 aromatic carbocycles. The van der Waals surface area contributed by atoms with E-state index in [1.165, 1.54) is 12.1 Å². The van der Waals surface area contributed by atoms with Crippen LogP contribution in [0.3, 0.4) is 0 Å². The van der Waals surface area contributed by atoms with Crippen molar-refractivity contribution in [1.82, 2.24) is 14.2 Å². The predicted molar refractivity (Wildman–Crippen MR) is 143 cm³/mol. The van der Waals surface area contributed by atoms with Gasteiger partial charge in [-0.25, -0.2) is 0 Å². The SMILES string of the molecule is CC(C)(c1cccc(C(=O)c2ccccc2)c1)c1nc(N=C(S)S)n(S(=O)(=O)c2ccccc2)n1. The largest absolute Gasteiger partial charge is 0.289 e. The zero-order chi connectivity index (χ0) is 25.2. The van der Waals surface area contributed by atoms with Crippen molar-refractivity contribution >= 4 is 51.4 Å². The molecule has 0 atom stereocenters. The van der Waals surface area contributed by atoms with Gasteiger partial charge in [0.2, 0.25) is 0 Å². The third kappa shape index (κ3) is 5.09. The average Bonchev–Trinajstić information content (AvgIpc) is 3.29. The van der Waals surface area contributed by atoms with Crippen LogP contribution >= 0.6 is 25.3 Å². The van der Waals surface area contributed by atoms with Crippen LogP contribution in [-0.4, -0.2) is 32.7 Å². The first-order valence-electron chi connectivity index (χ1n) is 10.6. The summed E-state index contributed by atoms with van der Waals surface area (Å²) in [5.41, 5.74) is 0.957. The summed E-state index contributed by atoms with van der Waals surface area (Å²) in [6.45, 7) is 3.70. The Kier molecular flexibility index (Phi) is 6.98. The Morgan fingerprint density at radius 1 is 0.886 bits per heavy atom. The second kappa shape index (κ2) is 9.80. The van der Waals surface area contributed by atoms with E-state index in [2.05, 4.69) is 40.3 Å². The fourth-order valence-corrected chi connectivity index (χ4v) is 4.86. The van der Waals surface area contributed by atoms with Gasteiger partial charge in [-0.2, -0.15) is 18.4 Å². The maximum absolute atomic E-state index is 13.3. The molecule has 0 saturated carbocycles. The molecule has 0 amide bonds. The summed E-state index contributed by atoms with van der Waals surface area (Å²) in [6, 6.07) is 24.0. The Bertz CT molecular complexity index is 1510. The number of rotatable bonds is 7. The number of aromatic nitrogens is 3. The smallest absolute Gasteiger partial charge is 0.286 e. The maximum atomic E-state index is 13.3. The van der Waals surface area contributed by atoms with Crippen LogP contribution in [0.4, 0.5) is 5.95 Å². The molecule has 4 rings (SSSR count). The van der Waals surface area contributed by atoms with Crippen molar-refractivity contribution in [2.75, 3.05) is 0 Å². The Labute approximate surface area is 214 Å². The lowest BCUT2D eigenvalue weighted by Crippen LogP contribution is -2.23.